The quantitative estimate of drug-likeness (QED) is 0.670. The normalized spacial score (nSPS) is 19.4. The minimum absolute atomic E-state index is 0.109. The van der Waals surface area contributed by atoms with Crippen LogP contribution in [0.4, 0.5) is 0 Å². The van der Waals surface area contributed by atoms with Crippen molar-refractivity contribution in [3.8, 4) is 0 Å². The number of amides is 1. The van der Waals surface area contributed by atoms with Gasteiger partial charge in [-0.25, -0.2) is 4.98 Å². The van der Waals surface area contributed by atoms with Crippen molar-refractivity contribution < 1.29 is 23.5 Å². The van der Waals surface area contributed by atoms with Gasteiger partial charge in [0.2, 0.25) is 5.89 Å². The second kappa shape index (κ2) is 9.40. The molecular weight excluding hydrogens is 386 g/mol. The van der Waals surface area contributed by atoms with E-state index in [-0.39, 0.29) is 30.0 Å². The maximum atomic E-state index is 13.0. The summed E-state index contributed by atoms with van der Waals surface area (Å²) in [7, 11) is 0. The molecule has 4 rings (SSSR count). The minimum atomic E-state index is -0.357. The second-order valence-electron chi connectivity index (χ2n) is 7.59. The molecule has 0 unspecified atom stereocenters. The Labute approximate surface area is 175 Å². The molecule has 3 heterocycles. The largest absolute Gasteiger partial charge is 0.466 e. The Hall–Kier alpha value is -2.71. The number of ether oxygens (including phenoxy) is 2. The van der Waals surface area contributed by atoms with Gasteiger partial charge in [-0.2, -0.15) is 0 Å². The average Bonchev–Trinajstić information content (AvgIpc) is 3.22. The van der Waals surface area contributed by atoms with Crippen molar-refractivity contribution in [3.63, 3.8) is 0 Å². The molecule has 0 N–H and O–H groups in total. The van der Waals surface area contributed by atoms with Gasteiger partial charge >= 0.3 is 5.97 Å². The number of oxazole rings is 1. The van der Waals surface area contributed by atoms with Crippen LogP contribution in [-0.2, 0) is 33.8 Å². The molecule has 0 radical (unpaired) electrons. The van der Waals surface area contributed by atoms with Crippen LogP contribution in [0, 0.1) is 0 Å². The Kier molecular flexibility index (Phi) is 6.44. The van der Waals surface area contributed by atoms with E-state index < -0.39 is 0 Å². The van der Waals surface area contributed by atoms with E-state index in [2.05, 4.69) is 34.1 Å². The predicted molar refractivity (Wildman–Crippen MR) is 108 cm³/mol. The number of nitrogens with zero attached hydrogens (tertiary/aromatic N) is 3. The lowest BCUT2D eigenvalue weighted by atomic mass is 10.00. The predicted octanol–water partition coefficient (Wildman–Crippen LogP) is 2.03. The fraction of sp³-hybridized carbons (Fsp3) is 0.500. The van der Waals surface area contributed by atoms with E-state index >= 15 is 0 Å². The standard InChI is InChI=1S/C22H27N3O5/c1-2-29-21(26)11-18-14-28-10-9-25(18)22(27)19-15-30-20(23-19)13-24-8-7-16-5-3-4-6-17(16)12-24/h3-6,15,18H,2,7-14H2,1H3/t18-/m0/s1. The summed E-state index contributed by atoms with van der Waals surface area (Å²) in [5.74, 6) is -0.0588. The van der Waals surface area contributed by atoms with E-state index in [1.807, 2.05) is 0 Å². The van der Waals surface area contributed by atoms with E-state index in [1.165, 1.54) is 17.4 Å². The van der Waals surface area contributed by atoms with Gasteiger partial charge in [0.25, 0.3) is 5.91 Å². The Bertz CT molecular complexity index is 896. The van der Waals surface area contributed by atoms with Crippen LogP contribution in [-0.4, -0.2) is 65.6 Å². The molecule has 2 aliphatic rings. The van der Waals surface area contributed by atoms with Gasteiger partial charge in [0.1, 0.15) is 6.26 Å². The first-order chi connectivity index (χ1) is 14.6. The van der Waals surface area contributed by atoms with Gasteiger partial charge in [-0.1, -0.05) is 24.3 Å². The molecule has 1 atom stereocenters. The zero-order chi connectivity index (χ0) is 20.9. The molecule has 1 fully saturated rings. The third-order valence-electron chi connectivity index (χ3n) is 5.54. The highest BCUT2D eigenvalue weighted by Gasteiger charge is 2.32. The molecule has 8 nitrogen and oxygen atoms in total. The smallest absolute Gasteiger partial charge is 0.307 e. The number of fused-ring (bicyclic) bond motifs is 1. The first kappa shape index (κ1) is 20.6. The number of hydrogen-bond acceptors (Lipinski definition) is 7. The molecule has 0 saturated carbocycles. The van der Waals surface area contributed by atoms with Crippen LogP contribution < -0.4 is 0 Å². The van der Waals surface area contributed by atoms with Crippen molar-refractivity contribution >= 4 is 11.9 Å². The third-order valence-corrected chi connectivity index (χ3v) is 5.54. The fourth-order valence-electron chi connectivity index (χ4n) is 4.01. The zero-order valence-corrected chi connectivity index (χ0v) is 17.2. The number of carbonyl (C=O) groups excluding carboxylic acids is 2. The molecule has 0 bridgehead atoms. The van der Waals surface area contributed by atoms with Crippen LogP contribution in [0.3, 0.4) is 0 Å². The van der Waals surface area contributed by atoms with E-state index in [0.717, 1.165) is 19.5 Å². The van der Waals surface area contributed by atoms with E-state index in [4.69, 9.17) is 13.9 Å². The van der Waals surface area contributed by atoms with Crippen molar-refractivity contribution in [1.82, 2.24) is 14.8 Å². The highest BCUT2D eigenvalue weighted by atomic mass is 16.5. The number of hydrogen-bond donors (Lipinski definition) is 0. The fourth-order valence-corrected chi connectivity index (χ4v) is 4.01. The summed E-state index contributed by atoms with van der Waals surface area (Å²) in [5, 5.41) is 0. The minimum Gasteiger partial charge on any atom is -0.466 e. The van der Waals surface area contributed by atoms with Crippen LogP contribution >= 0.6 is 0 Å². The Morgan fingerprint density at radius 2 is 2.07 bits per heavy atom. The Balaban J connectivity index is 1.39. The van der Waals surface area contributed by atoms with Gasteiger partial charge in [-0.3, -0.25) is 14.5 Å². The van der Waals surface area contributed by atoms with Crippen molar-refractivity contribution in [3.05, 3.63) is 53.2 Å². The highest BCUT2D eigenvalue weighted by molar-refractivity contribution is 5.92. The number of carbonyl (C=O) groups is 2. The average molecular weight is 413 g/mol. The number of morpholine rings is 1. The Morgan fingerprint density at radius 1 is 1.23 bits per heavy atom. The lowest BCUT2D eigenvalue weighted by molar-refractivity contribution is -0.145. The maximum Gasteiger partial charge on any atom is 0.307 e. The molecule has 8 heteroatoms. The van der Waals surface area contributed by atoms with E-state index in [1.54, 1.807) is 11.8 Å². The molecular formula is C22H27N3O5. The van der Waals surface area contributed by atoms with Crippen LogP contribution in [0.5, 0.6) is 0 Å². The molecule has 1 aromatic heterocycles. The molecule has 1 aromatic carbocycles. The van der Waals surface area contributed by atoms with E-state index in [9.17, 15) is 9.59 Å². The van der Waals surface area contributed by atoms with E-state index in [0.29, 0.717) is 38.8 Å². The SMILES string of the molecule is CCOC(=O)C[C@H]1COCCN1C(=O)c1coc(CN2CCc3ccccc3C2)n1. The van der Waals surface area contributed by atoms with Crippen LogP contribution in [0.15, 0.2) is 34.9 Å². The molecule has 0 aliphatic carbocycles. The molecule has 30 heavy (non-hydrogen) atoms. The summed E-state index contributed by atoms with van der Waals surface area (Å²) in [6.07, 6.45) is 2.51. The summed E-state index contributed by atoms with van der Waals surface area (Å²) < 4.78 is 16.1. The monoisotopic (exact) mass is 413 g/mol. The van der Waals surface area contributed by atoms with Crippen molar-refractivity contribution in [2.75, 3.05) is 32.9 Å². The second-order valence-corrected chi connectivity index (χ2v) is 7.59. The molecule has 2 aromatic rings. The van der Waals surface area contributed by atoms with Gasteiger partial charge in [0.05, 0.1) is 38.8 Å². The summed E-state index contributed by atoms with van der Waals surface area (Å²) in [5.41, 5.74) is 2.97. The number of esters is 1. The van der Waals surface area contributed by atoms with Crippen molar-refractivity contribution in [1.29, 1.82) is 0 Å². The summed E-state index contributed by atoms with van der Waals surface area (Å²) in [6, 6.07) is 8.09. The number of aromatic nitrogens is 1. The lowest BCUT2D eigenvalue weighted by Crippen LogP contribution is -2.49. The van der Waals surface area contributed by atoms with Gasteiger partial charge in [0.15, 0.2) is 5.69 Å². The third kappa shape index (κ3) is 4.71. The van der Waals surface area contributed by atoms with Crippen molar-refractivity contribution in [2.45, 2.75) is 38.9 Å². The number of rotatable bonds is 6. The first-order valence-electron chi connectivity index (χ1n) is 10.4. The highest BCUT2D eigenvalue weighted by Crippen LogP contribution is 2.21. The molecule has 1 saturated heterocycles. The van der Waals surface area contributed by atoms with Gasteiger partial charge in [0, 0.05) is 19.6 Å². The van der Waals surface area contributed by atoms with Crippen LogP contribution in [0.2, 0.25) is 0 Å². The zero-order valence-electron chi connectivity index (χ0n) is 17.2. The molecule has 160 valence electrons. The first-order valence-corrected chi connectivity index (χ1v) is 10.4. The van der Waals surface area contributed by atoms with Gasteiger partial charge in [-0.15, -0.1) is 0 Å². The maximum absolute atomic E-state index is 13.0. The molecule has 1 amide bonds. The molecule has 2 aliphatic heterocycles. The van der Waals surface area contributed by atoms with Gasteiger partial charge < -0.3 is 18.8 Å². The summed E-state index contributed by atoms with van der Waals surface area (Å²) in [4.78, 5) is 33.2. The van der Waals surface area contributed by atoms with Crippen LogP contribution in [0.1, 0.15) is 40.9 Å². The topological polar surface area (TPSA) is 85.1 Å². The lowest BCUT2D eigenvalue weighted by Gasteiger charge is -2.34. The van der Waals surface area contributed by atoms with Crippen LogP contribution in [0.25, 0.3) is 0 Å². The summed E-state index contributed by atoms with van der Waals surface area (Å²) in [6.45, 7) is 5.54. The number of benzene rings is 1. The summed E-state index contributed by atoms with van der Waals surface area (Å²) >= 11 is 0. The van der Waals surface area contributed by atoms with Gasteiger partial charge in [-0.05, 0) is 24.5 Å². The van der Waals surface area contributed by atoms with Crippen molar-refractivity contribution in [2.24, 2.45) is 0 Å². The molecule has 0 spiro atoms. The Morgan fingerprint density at radius 3 is 2.90 bits per heavy atom.